The third-order valence-electron chi connectivity index (χ3n) is 17.6. The van der Waals surface area contributed by atoms with Crippen molar-refractivity contribution in [2.75, 3.05) is 100 Å². The number of anilines is 3. The molecule has 2 spiro atoms. The van der Waals surface area contributed by atoms with Crippen LogP contribution in [0.1, 0.15) is 102 Å². The Morgan fingerprint density at radius 3 is 2.16 bits per heavy atom. The number of hydrogen-bond acceptors (Lipinski definition) is 13. The van der Waals surface area contributed by atoms with E-state index in [1.807, 2.05) is 75.4 Å². The number of piperazine rings is 1. The minimum Gasteiger partial charge on any atom is -0.383 e. The molecule has 5 saturated heterocycles. The van der Waals surface area contributed by atoms with Gasteiger partial charge in [-0.15, -0.1) is 0 Å². The first-order valence-corrected chi connectivity index (χ1v) is 29.5. The summed E-state index contributed by atoms with van der Waals surface area (Å²) in [5, 5.41) is 26.5. The molecule has 19 heteroatoms. The fourth-order valence-corrected chi connectivity index (χ4v) is 12.7. The van der Waals surface area contributed by atoms with Crippen LogP contribution in [0.3, 0.4) is 0 Å². The largest absolute Gasteiger partial charge is 0.383 e. The zero-order valence-corrected chi connectivity index (χ0v) is 48.3. The van der Waals surface area contributed by atoms with Crippen molar-refractivity contribution in [3.8, 4) is 0 Å². The highest BCUT2D eigenvalue weighted by atomic mass is 19.1. The van der Waals surface area contributed by atoms with Gasteiger partial charge in [-0.2, -0.15) is 0 Å². The van der Waals surface area contributed by atoms with Gasteiger partial charge in [-0.3, -0.25) is 29.0 Å². The van der Waals surface area contributed by atoms with E-state index >= 15 is 8.78 Å². The van der Waals surface area contributed by atoms with Crippen LogP contribution in [-0.2, 0) is 45.2 Å². The number of aromatic nitrogens is 2. The van der Waals surface area contributed by atoms with Crippen molar-refractivity contribution in [1.82, 2.24) is 45.9 Å². The molecule has 3 aromatic carbocycles. The SMILES string of the molecule is CC(C)C[C@H](NC(=O)[C@@H](O)[C@H](C)Cc1ccccc1)C(=O)NCCN1CC[C@]2(CCN(CC(=O)NCc3cccc(CNc4cc(N5CCC6(CC5)CN(c5cc(F)c(CN7CCC(C)(C)CC7)cc5F)CC(=O)N6)ncn4)c3)C2)C1. The van der Waals surface area contributed by atoms with E-state index in [1.54, 1.807) is 4.90 Å². The van der Waals surface area contributed by atoms with Gasteiger partial charge < -0.3 is 46.4 Å². The smallest absolute Gasteiger partial charge is 0.249 e. The predicted molar refractivity (Wildman–Crippen MR) is 311 cm³/mol. The highest BCUT2D eigenvalue weighted by molar-refractivity contribution is 5.89. The summed E-state index contributed by atoms with van der Waals surface area (Å²) in [6, 6.07) is 21.6. The number of rotatable bonds is 22. The maximum absolute atomic E-state index is 15.8. The Hall–Kier alpha value is -6.28. The van der Waals surface area contributed by atoms with Gasteiger partial charge in [0.15, 0.2) is 0 Å². The Balaban J connectivity index is 0.677. The maximum atomic E-state index is 15.8. The van der Waals surface area contributed by atoms with E-state index in [2.05, 4.69) is 76.1 Å². The molecule has 5 fully saturated rings. The lowest BCUT2D eigenvalue weighted by molar-refractivity contribution is -0.136. The molecule has 0 unspecified atom stereocenters. The summed E-state index contributed by atoms with van der Waals surface area (Å²) in [5.74, 6) is -0.675. The van der Waals surface area contributed by atoms with E-state index in [9.17, 15) is 24.3 Å². The van der Waals surface area contributed by atoms with Gasteiger partial charge in [-0.1, -0.05) is 89.2 Å². The average Bonchev–Trinajstić information content (AvgIpc) is 4.21. The van der Waals surface area contributed by atoms with Crippen molar-refractivity contribution in [3.05, 3.63) is 113 Å². The number of aliphatic hydroxyl groups excluding tert-OH is 1. The molecule has 5 aliphatic rings. The van der Waals surface area contributed by atoms with Crippen LogP contribution in [0.15, 0.2) is 79.1 Å². The molecule has 4 atom stereocenters. The lowest BCUT2D eigenvalue weighted by atomic mass is 9.82. The van der Waals surface area contributed by atoms with Gasteiger partial charge in [0.1, 0.15) is 41.7 Å². The molecule has 0 radical (unpaired) electrons. The van der Waals surface area contributed by atoms with E-state index in [-0.39, 0.29) is 52.6 Å². The minimum atomic E-state index is -1.23. The molecule has 0 bridgehead atoms. The van der Waals surface area contributed by atoms with Crippen LogP contribution >= 0.6 is 0 Å². The molecule has 4 aromatic rings. The highest BCUT2D eigenvalue weighted by Gasteiger charge is 2.44. The van der Waals surface area contributed by atoms with E-state index in [4.69, 9.17) is 0 Å². The number of piperidine rings is 2. The van der Waals surface area contributed by atoms with Crippen LogP contribution in [0, 0.1) is 34.3 Å². The topological polar surface area (TPSA) is 191 Å². The van der Waals surface area contributed by atoms with Crippen LogP contribution in [0.25, 0.3) is 0 Å². The molecule has 9 rings (SSSR count). The Morgan fingerprint density at radius 2 is 1.42 bits per heavy atom. The Morgan fingerprint density at radius 1 is 0.728 bits per heavy atom. The van der Waals surface area contributed by atoms with Crippen LogP contribution < -0.4 is 36.4 Å². The standard InChI is InChI=1S/C62H86F2N12O5/c1-43(2)28-51(70-59(81)57(79)44(3)29-45-10-7-6-8-11-45)58(80)65-20-27-73-23-16-61(39-73)17-24-74(40-61)37-55(77)67-35-47-13-9-12-46(30-47)34-66-53-33-54(69-42-68-53)75-25-18-62(19-26-75)41-76(38-56(78)71-62)52-32-49(63)48(31-50(52)64)36-72-21-14-60(4,5)15-22-72/h6-13,30-33,42-44,51,57,79H,14-29,34-41H2,1-5H3,(H,65,80)(H,67,77)(H,70,81)(H,71,78)(H,66,68,69)/t44-,51+,57+,61+/m1/s1. The Bertz CT molecular complexity index is 2810. The molecule has 81 heavy (non-hydrogen) atoms. The fraction of sp³-hybridized carbons (Fsp3) is 0.581. The molecule has 1 aromatic heterocycles. The summed E-state index contributed by atoms with van der Waals surface area (Å²) in [5.41, 5.74) is 3.31. The second kappa shape index (κ2) is 26.3. The summed E-state index contributed by atoms with van der Waals surface area (Å²) in [7, 11) is 0. The zero-order chi connectivity index (χ0) is 57.3. The van der Waals surface area contributed by atoms with E-state index in [0.717, 1.165) is 87.5 Å². The summed E-state index contributed by atoms with van der Waals surface area (Å²) in [4.78, 5) is 72.7. The van der Waals surface area contributed by atoms with E-state index in [0.29, 0.717) is 96.0 Å². The number of nitrogens with one attached hydrogen (secondary N) is 5. The Labute approximate surface area is 477 Å². The number of halogens is 2. The third-order valence-corrected chi connectivity index (χ3v) is 17.6. The van der Waals surface area contributed by atoms with Gasteiger partial charge in [0, 0.05) is 83.1 Å². The molecule has 0 saturated carbocycles. The predicted octanol–water partition coefficient (Wildman–Crippen LogP) is 5.87. The number of hydrogen-bond donors (Lipinski definition) is 6. The lowest BCUT2D eigenvalue weighted by Gasteiger charge is -2.48. The first-order valence-electron chi connectivity index (χ1n) is 29.5. The minimum absolute atomic E-state index is 0.0171. The maximum Gasteiger partial charge on any atom is 0.249 e. The third kappa shape index (κ3) is 16.0. The molecule has 4 amide bonds. The second-order valence-corrected chi connectivity index (χ2v) is 25.3. The van der Waals surface area contributed by atoms with Crippen LogP contribution in [0.4, 0.5) is 26.1 Å². The summed E-state index contributed by atoms with van der Waals surface area (Å²) >= 11 is 0. The van der Waals surface area contributed by atoms with Crippen molar-refractivity contribution >= 4 is 41.0 Å². The second-order valence-electron chi connectivity index (χ2n) is 25.3. The summed E-state index contributed by atoms with van der Waals surface area (Å²) < 4.78 is 31.3. The number of amides is 4. The Kier molecular flexibility index (Phi) is 19.3. The first kappa shape index (κ1) is 59.3. The highest BCUT2D eigenvalue weighted by Crippen LogP contribution is 2.39. The van der Waals surface area contributed by atoms with Crippen LogP contribution in [0.2, 0.25) is 0 Å². The van der Waals surface area contributed by atoms with Crippen molar-refractivity contribution < 1.29 is 33.1 Å². The van der Waals surface area contributed by atoms with Crippen LogP contribution in [0.5, 0.6) is 0 Å². The number of benzene rings is 3. The molecular weight excluding hydrogens is 1030 g/mol. The van der Waals surface area contributed by atoms with Crippen LogP contribution in [-0.4, -0.2) is 156 Å². The molecule has 6 heterocycles. The number of aliphatic hydroxyl groups is 1. The van der Waals surface area contributed by atoms with Crippen molar-refractivity contribution in [2.45, 2.75) is 123 Å². The first-order chi connectivity index (χ1) is 38.8. The molecule has 5 aliphatic heterocycles. The van der Waals surface area contributed by atoms with Crippen molar-refractivity contribution in [2.24, 2.45) is 22.7 Å². The van der Waals surface area contributed by atoms with Gasteiger partial charge in [-0.05, 0) is 123 Å². The van der Waals surface area contributed by atoms with Gasteiger partial charge in [-0.25, -0.2) is 18.7 Å². The fourth-order valence-electron chi connectivity index (χ4n) is 12.7. The average molecular weight is 1120 g/mol. The van der Waals surface area contributed by atoms with E-state index in [1.165, 1.54) is 18.5 Å². The lowest BCUT2D eigenvalue weighted by Crippen LogP contribution is -2.66. The zero-order valence-electron chi connectivity index (χ0n) is 48.3. The molecule has 0 aliphatic carbocycles. The molecule has 17 nitrogen and oxygen atoms in total. The monoisotopic (exact) mass is 1120 g/mol. The van der Waals surface area contributed by atoms with E-state index < -0.39 is 35.2 Å². The number of carbonyl (C=O) groups excluding carboxylic acids is 4. The molecule has 438 valence electrons. The number of carbonyl (C=O) groups is 4. The van der Waals surface area contributed by atoms with Gasteiger partial charge in [0.2, 0.25) is 23.6 Å². The quantitative estimate of drug-likeness (QED) is 0.0549. The van der Waals surface area contributed by atoms with Gasteiger partial charge in [0.25, 0.3) is 0 Å². The summed E-state index contributed by atoms with van der Waals surface area (Å²) in [6.07, 6.45) is 6.62. The molecule has 6 N–H and O–H groups in total. The van der Waals surface area contributed by atoms with Gasteiger partial charge in [0.05, 0.1) is 24.3 Å². The number of nitrogens with zero attached hydrogens (tertiary/aromatic N) is 7. The number of likely N-dealkylation sites (tertiary alicyclic amines) is 3. The van der Waals surface area contributed by atoms with Crippen molar-refractivity contribution in [1.29, 1.82) is 0 Å². The molecular formula is C62H86F2N12O5. The summed E-state index contributed by atoms with van der Waals surface area (Å²) in [6.45, 7) is 19.9. The van der Waals surface area contributed by atoms with Gasteiger partial charge >= 0.3 is 0 Å². The van der Waals surface area contributed by atoms with Crippen molar-refractivity contribution in [3.63, 3.8) is 0 Å². The normalized spacial score (nSPS) is 21.5.